The van der Waals surface area contributed by atoms with Gasteiger partial charge in [-0.25, -0.2) is 0 Å². The summed E-state index contributed by atoms with van der Waals surface area (Å²) < 4.78 is 0. The van der Waals surface area contributed by atoms with Crippen molar-refractivity contribution in [3.8, 4) is 0 Å². The van der Waals surface area contributed by atoms with Gasteiger partial charge in [-0.2, -0.15) is 0 Å². The molecule has 7 nitrogen and oxygen atoms in total. The number of carbonyl (C=O) groups is 4. The lowest BCUT2D eigenvalue weighted by molar-refractivity contribution is -0.137. The number of rotatable bonds is 7. The van der Waals surface area contributed by atoms with Crippen LogP contribution in [0.4, 0.5) is 0 Å². The number of nitrogens with zero attached hydrogens (tertiary/aromatic N) is 1. The summed E-state index contributed by atoms with van der Waals surface area (Å²) in [4.78, 5) is 46.6. The molecule has 1 aromatic rings. The largest absolute Gasteiger partial charge is 0.481 e. The number of hydrogen-bond acceptors (Lipinski definition) is 4. The van der Waals surface area contributed by atoms with Crippen molar-refractivity contribution < 1.29 is 29.4 Å². The lowest BCUT2D eigenvalue weighted by Gasteiger charge is -2.12. The molecule has 0 spiro atoms. The highest BCUT2D eigenvalue weighted by molar-refractivity contribution is 6.21. The Bertz CT molecular complexity index is 651. The molecule has 0 aromatic heterocycles. The number of carboxylic acid groups (broad SMARTS) is 2. The highest BCUT2D eigenvalue weighted by atomic mass is 16.4. The standard InChI is InChI=1S/C15H15NO6/c17-12(18)3-1-2-6-16-14(21)10-5-4-9(8-13(19)20)7-11(10)15(16)22/h4-5,7H,1-3,6,8H2,(H,17,18)(H,19,20). The van der Waals surface area contributed by atoms with Crippen molar-refractivity contribution in [2.45, 2.75) is 25.7 Å². The van der Waals surface area contributed by atoms with Crippen molar-refractivity contribution in [1.82, 2.24) is 4.90 Å². The van der Waals surface area contributed by atoms with Crippen LogP contribution in [0.3, 0.4) is 0 Å². The average Bonchev–Trinajstić information content (AvgIpc) is 2.67. The van der Waals surface area contributed by atoms with E-state index >= 15 is 0 Å². The monoisotopic (exact) mass is 305 g/mol. The number of hydrogen-bond donors (Lipinski definition) is 2. The van der Waals surface area contributed by atoms with E-state index in [4.69, 9.17) is 10.2 Å². The normalized spacial score (nSPS) is 13.4. The first-order valence-electron chi connectivity index (χ1n) is 6.83. The zero-order valence-corrected chi connectivity index (χ0v) is 11.7. The van der Waals surface area contributed by atoms with Crippen LogP contribution in [0.1, 0.15) is 45.5 Å². The van der Waals surface area contributed by atoms with Gasteiger partial charge in [0.15, 0.2) is 0 Å². The summed E-state index contributed by atoms with van der Waals surface area (Å²) in [6.07, 6.45) is 0.575. The molecule has 0 radical (unpaired) electrons. The van der Waals surface area contributed by atoms with Crippen LogP contribution in [-0.4, -0.2) is 45.4 Å². The Labute approximate surface area is 126 Å². The topological polar surface area (TPSA) is 112 Å². The highest BCUT2D eigenvalue weighted by Gasteiger charge is 2.35. The van der Waals surface area contributed by atoms with Crippen LogP contribution in [-0.2, 0) is 16.0 Å². The van der Waals surface area contributed by atoms with Gasteiger partial charge in [0, 0.05) is 13.0 Å². The molecule has 7 heteroatoms. The smallest absolute Gasteiger partial charge is 0.307 e. The predicted molar refractivity (Wildman–Crippen MR) is 74.6 cm³/mol. The molecule has 0 bridgehead atoms. The van der Waals surface area contributed by atoms with Crippen molar-refractivity contribution in [3.05, 3.63) is 34.9 Å². The van der Waals surface area contributed by atoms with Gasteiger partial charge >= 0.3 is 11.9 Å². The van der Waals surface area contributed by atoms with Gasteiger partial charge in [0.1, 0.15) is 0 Å². The number of carbonyl (C=O) groups excluding carboxylic acids is 2. The first-order valence-corrected chi connectivity index (χ1v) is 6.83. The number of unbranched alkanes of at least 4 members (excludes halogenated alkanes) is 1. The Balaban J connectivity index is 2.08. The van der Waals surface area contributed by atoms with Crippen molar-refractivity contribution in [2.24, 2.45) is 0 Å². The maximum Gasteiger partial charge on any atom is 0.307 e. The van der Waals surface area contributed by atoms with E-state index in [0.717, 1.165) is 4.90 Å². The molecule has 0 aliphatic carbocycles. The second kappa shape index (κ2) is 6.38. The number of imide groups is 1. The Morgan fingerprint density at radius 1 is 0.955 bits per heavy atom. The van der Waals surface area contributed by atoms with Gasteiger partial charge in [-0.05, 0) is 30.5 Å². The van der Waals surface area contributed by atoms with Gasteiger partial charge in [-0.1, -0.05) is 6.07 Å². The molecule has 1 aliphatic heterocycles. The summed E-state index contributed by atoms with van der Waals surface area (Å²) >= 11 is 0. The van der Waals surface area contributed by atoms with Gasteiger partial charge < -0.3 is 10.2 Å². The fourth-order valence-corrected chi connectivity index (χ4v) is 2.37. The van der Waals surface area contributed by atoms with Crippen molar-refractivity contribution >= 4 is 23.8 Å². The lowest BCUT2D eigenvalue weighted by atomic mass is 10.0. The molecular formula is C15H15NO6. The maximum atomic E-state index is 12.2. The second-order valence-electron chi connectivity index (χ2n) is 5.06. The first-order chi connectivity index (χ1) is 10.4. The summed E-state index contributed by atoms with van der Waals surface area (Å²) in [6, 6.07) is 4.41. The van der Waals surface area contributed by atoms with E-state index in [0.29, 0.717) is 18.4 Å². The van der Waals surface area contributed by atoms with Gasteiger partial charge in [0.05, 0.1) is 17.5 Å². The molecule has 2 amide bonds. The van der Waals surface area contributed by atoms with Crippen LogP contribution in [0.2, 0.25) is 0 Å². The van der Waals surface area contributed by atoms with Crippen molar-refractivity contribution in [2.75, 3.05) is 6.54 Å². The Kier molecular flexibility index (Phi) is 4.55. The van der Waals surface area contributed by atoms with E-state index < -0.39 is 23.8 Å². The highest BCUT2D eigenvalue weighted by Crippen LogP contribution is 2.24. The average molecular weight is 305 g/mol. The third kappa shape index (κ3) is 3.30. The molecule has 0 atom stereocenters. The third-order valence-electron chi connectivity index (χ3n) is 3.41. The molecule has 116 valence electrons. The van der Waals surface area contributed by atoms with Crippen LogP contribution in [0, 0.1) is 0 Å². The van der Waals surface area contributed by atoms with E-state index in [1.165, 1.54) is 18.2 Å². The zero-order chi connectivity index (χ0) is 16.3. The quantitative estimate of drug-likeness (QED) is 0.577. The number of amides is 2. The molecule has 1 heterocycles. The van der Waals surface area contributed by atoms with E-state index in [1.807, 2.05) is 0 Å². The third-order valence-corrected chi connectivity index (χ3v) is 3.41. The van der Waals surface area contributed by atoms with Gasteiger partial charge in [0.25, 0.3) is 11.8 Å². The van der Waals surface area contributed by atoms with Crippen molar-refractivity contribution in [1.29, 1.82) is 0 Å². The van der Waals surface area contributed by atoms with Crippen LogP contribution >= 0.6 is 0 Å². The summed E-state index contributed by atoms with van der Waals surface area (Å²) in [5.74, 6) is -2.80. The molecule has 0 saturated heterocycles. The summed E-state index contributed by atoms with van der Waals surface area (Å²) in [5.41, 5.74) is 0.930. The number of benzene rings is 1. The second-order valence-corrected chi connectivity index (χ2v) is 5.06. The molecular weight excluding hydrogens is 290 g/mol. The van der Waals surface area contributed by atoms with Crippen LogP contribution in [0.15, 0.2) is 18.2 Å². The predicted octanol–water partition coefficient (Wildman–Crippen LogP) is 1.16. The van der Waals surface area contributed by atoms with Crippen molar-refractivity contribution in [3.63, 3.8) is 0 Å². The van der Waals surface area contributed by atoms with E-state index in [2.05, 4.69) is 0 Å². The fraction of sp³-hybridized carbons (Fsp3) is 0.333. The minimum absolute atomic E-state index is 0.00801. The van der Waals surface area contributed by atoms with Crippen LogP contribution in [0.5, 0.6) is 0 Å². The SMILES string of the molecule is O=C(O)CCCCN1C(=O)c2ccc(CC(=O)O)cc2C1=O. The van der Waals surface area contributed by atoms with E-state index in [-0.39, 0.29) is 30.5 Å². The van der Waals surface area contributed by atoms with E-state index in [1.54, 1.807) is 0 Å². The minimum atomic E-state index is -1.01. The molecule has 0 unspecified atom stereocenters. The Morgan fingerprint density at radius 2 is 1.64 bits per heavy atom. The van der Waals surface area contributed by atoms with Crippen LogP contribution < -0.4 is 0 Å². The lowest BCUT2D eigenvalue weighted by Crippen LogP contribution is -2.30. The molecule has 1 aliphatic rings. The summed E-state index contributed by atoms with van der Waals surface area (Å²) in [7, 11) is 0. The van der Waals surface area contributed by atoms with Gasteiger partial charge in [0.2, 0.25) is 0 Å². The Hall–Kier alpha value is -2.70. The molecule has 0 saturated carbocycles. The summed E-state index contributed by atoms with van der Waals surface area (Å²) in [6.45, 7) is 0.161. The first kappa shape index (κ1) is 15.7. The van der Waals surface area contributed by atoms with Crippen LogP contribution in [0.25, 0.3) is 0 Å². The molecule has 0 fully saturated rings. The Morgan fingerprint density at radius 3 is 2.27 bits per heavy atom. The van der Waals surface area contributed by atoms with Gasteiger partial charge in [-0.15, -0.1) is 0 Å². The molecule has 2 N–H and O–H groups in total. The molecule has 2 rings (SSSR count). The molecule has 22 heavy (non-hydrogen) atoms. The maximum absolute atomic E-state index is 12.2. The number of carboxylic acids is 2. The minimum Gasteiger partial charge on any atom is -0.481 e. The summed E-state index contributed by atoms with van der Waals surface area (Å²) in [5, 5.41) is 17.3. The number of aliphatic carboxylic acids is 2. The van der Waals surface area contributed by atoms with E-state index in [9.17, 15) is 19.2 Å². The molecule has 1 aromatic carbocycles. The fourth-order valence-electron chi connectivity index (χ4n) is 2.37. The zero-order valence-electron chi connectivity index (χ0n) is 11.7. The number of fused-ring (bicyclic) bond motifs is 1. The van der Waals surface area contributed by atoms with Gasteiger partial charge in [-0.3, -0.25) is 24.1 Å².